The Balaban J connectivity index is 0.000000215. The fourth-order valence-corrected chi connectivity index (χ4v) is 11.9. The van der Waals surface area contributed by atoms with Gasteiger partial charge in [-0.2, -0.15) is 0 Å². The second-order valence-electron chi connectivity index (χ2n) is 16.7. The molecule has 3 aromatic carbocycles. The molecule has 5 heteroatoms. The van der Waals surface area contributed by atoms with Crippen molar-refractivity contribution < 1.29 is 19.7 Å². The van der Waals surface area contributed by atoms with Crippen molar-refractivity contribution in [3.8, 4) is 0 Å². The zero-order chi connectivity index (χ0) is 41.0. The number of hydrogen-bond donors (Lipinski definition) is 2. The van der Waals surface area contributed by atoms with Crippen molar-refractivity contribution in [3.05, 3.63) is 103 Å². The van der Waals surface area contributed by atoms with E-state index < -0.39 is 6.89 Å². The van der Waals surface area contributed by atoms with Crippen LogP contribution in [0.25, 0.3) is 0 Å². The number of benzene rings is 3. The highest BCUT2D eigenvalue weighted by Crippen LogP contribution is 2.46. The van der Waals surface area contributed by atoms with E-state index in [0.717, 1.165) is 48.3 Å². The quantitative estimate of drug-likeness (QED) is 0.0570. The smallest absolute Gasteiger partial charge is 0.0784 e. The number of unbranched alkanes of at least 4 members (excludes halogenated alkanes) is 6. The van der Waals surface area contributed by atoms with Crippen molar-refractivity contribution in [2.24, 2.45) is 35.5 Å². The summed E-state index contributed by atoms with van der Waals surface area (Å²) in [5.41, 5.74) is 0. The third-order valence-corrected chi connectivity index (χ3v) is 16.0. The molecule has 3 saturated carbocycles. The van der Waals surface area contributed by atoms with Gasteiger partial charge in [0.15, 0.2) is 0 Å². The lowest BCUT2D eigenvalue weighted by Crippen LogP contribution is -2.27. The molecule has 0 aromatic heterocycles. The number of ether oxygens (including phenoxy) is 2. The second-order valence-corrected chi connectivity index (χ2v) is 19.9. The molecular formula is C52H81O4P. The Bertz CT molecular complexity index is 1350. The summed E-state index contributed by atoms with van der Waals surface area (Å²) in [5.74, 6) is 7.78. The number of aliphatic hydroxyl groups is 2. The molecule has 0 heterocycles. The average Bonchev–Trinajstić information content (AvgIpc) is 4.20. The van der Waals surface area contributed by atoms with E-state index >= 15 is 0 Å². The molecule has 6 atom stereocenters. The Morgan fingerprint density at radius 1 is 0.491 bits per heavy atom. The number of rotatable bonds is 23. The molecule has 3 aromatic rings. The lowest BCUT2D eigenvalue weighted by Gasteiger charge is -2.27. The van der Waals surface area contributed by atoms with Crippen LogP contribution in [0.5, 0.6) is 0 Å². The summed E-state index contributed by atoms with van der Waals surface area (Å²) in [6.45, 7) is 5.66. The molecule has 0 bridgehead atoms. The van der Waals surface area contributed by atoms with Crippen molar-refractivity contribution in [2.45, 2.75) is 136 Å². The summed E-state index contributed by atoms with van der Waals surface area (Å²) in [6, 6.07) is 31.9. The number of hydrogen-bond acceptors (Lipinski definition) is 4. The molecule has 0 radical (unpaired) electrons. The number of allylic oxidation sites excluding steroid dienone is 1. The van der Waals surface area contributed by atoms with Crippen LogP contribution in [0.2, 0.25) is 0 Å². The standard InChI is InChI=1S/C20H19OP.C12H22O.2C10H20O/c1-21-17-22(18-11-5-2-6-12-18,19-13-7-3-8-14-19)20-15-9-4-10-16-20;1-3-4-5-7-11-10-12(11)8-6-9-13-2;2*1-2-3-4-5-9-8-10(9)6-7-11/h2-17H,1H3;6,9,11-12H,3-5,7-8,10H2,1-2H3;2*9-11H,2-8H2,1H3/t;11-,12+;2*9-,10+/m.111/s1. The average molecular weight is 801 g/mol. The first-order valence-corrected chi connectivity index (χ1v) is 24.7. The summed E-state index contributed by atoms with van der Waals surface area (Å²) >= 11 is 0. The fourth-order valence-electron chi connectivity index (χ4n) is 8.39. The number of aliphatic hydroxyl groups excluding tert-OH is 2. The van der Waals surface area contributed by atoms with E-state index in [0.29, 0.717) is 13.2 Å². The first-order chi connectivity index (χ1) is 28.0. The van der Waals surface area contributed by atoms with Gasteiger partial charge in [0.1, 0.15) is 0 Å². The van der Waals surface area contributed by atoms with Crippen LogP contribution in [-0.2, 0) is 9.47 Å². The molecule has 3 aliphatic rings. The molecule has 3 fully saturated rings. The van der Waals surface area contributed by atoms with Crippen LogP contribution in [0, 0.1) is 35.5 Å². The van der Waals surface area contributed by atoms with Gasteiger partial charge in [-0.3, -0.25) is 0 Å². The predicted molar refractivity (Wildman–Crippen MR) is 250 cm³/mol. The monoisotopic (exact) mass is 801 g/mol. The lowest BCUT2D eigenvalue weighted by atomic mass is 10.1. The Hall–Kier alpha value is -2.62. The summed E-state index contributed by atoms with van der Waals surface area (Å²) in [5, 5.41) is 21.2. The van der Waals surface area contributed by atoms with Gasteiger partial charge in [-0.1, -0.05) is 189 Å². The Morgan fingerprint density at radius 3 is 1.18 bits per heavy atom. The molecule has 0 spiro atoms. The van der Waals surface area contributed by atoms with E-state index in [1.54, 1.807) is 20.5 Å². The minimum absolute atomic E-state index is 0.398. The first-order valence-electron chi connectivity index (χ1n) is 22.8. The van der Waals surface area contributed by atoms with Crippen LogP contribution in [0.4, 0.5) is 0 Å². The van der Waals surface area contributed by atoms with Crippen molar-refractivity contribution in [2.75, 3.05) is 27.4 Å². The molecule has 4 nitrogen and oxygen atoms in total. The Morgan fingerprint density at radius 2 is 0.842 bits per heavy atom. The van der Waals surface area contributed by atoms with Crippen LogP contribution in [0.1, 0.15) is 136 Å². The van der Waals surface area contributed by atoms with Gasteiger partial charge in [0.05, 0.1) is 13.4 Å². The van der Waals surface area contributed by atoms with Crippen LogP contribution < -0.4 is 15.9 Å². The van der Waals surface area contributed by atoms with Gasteiger partial charge in [0.25, 0.3) is 0 Å². The van der Waals surface area contributed by atoms with Gasteiger partial charge in [0, 0.05) is 26.3 Å². The summed E-state index contributed by atoms with van der Waals surface area (Å²) in [6.07, 6.45) is 28.3. The molecule has 0 saturated heterocycles. The first kappa shape index (κ1) is 48.7. The lowest BCUT2D eigenvalue weighted by molar-refractivity contribution is 0.276. The molecule has 0 unspecified atom stereocenters. The van der Waals surface area contributed by atoms with Crippen LogP contribution >= 0.6 is 6.89 Å². The van der Waals surface area contributed by atoms with Crippen molar-refractivity contribution in [3.63, 3.8) is 0 Å². The van der Waals surface area contributed by atoms with Gasteiger partial charge in [-0.15, -0.1) is 0 Å². The van der Waals surface area contributed by atoms with Crippen LogP contribution in [-0.4, -0.2) is 43.6 Å². The van der Waals surface area contributed by atoms with Crippen molar-refractivity contribution in [1.82, 2.24) is 0 Å². The van der Waals surface area contributed by atoms with E-state index in [4.69, 9.17) is 19.7 Å². The summed E-state index contributed by atoms with van der Waals surface area (Å²) < 4.78 is 10.5. The molecule has 57 heavy (non-hydrogen) atoms. The van der Waals surface area contributed by atoms with E-state index in [1.807, 2.05) is 5.98 Å². The largest absolute Gasteiger partial charge is 0.505 e. The normalized spacial score (nSPS) is 21.5. The molecule has 3 aliphatic carbocycles. The molecule has 0 amide bonds. The van der Waals surface area contributed by atoms with Gasteiger partial charge in [-0.05, 0) is 103 Å². The summed E-state index contributed by atoms with van der Waals surface area (Å²) in [4.78, 5) is 0. The highest BCUT2D eigenvalue weighted by Gasteiger charge is 2.36. The van der Waals surface area contributed by atoms with Crippen LogP contribution in [0.3, 0.4) is 0 Å². The van der Waals surface area contributed by atoms with Gasteiger partial charge in [0.2, 0.25) is 0 Å². The third kappa shape index (κ3) is 18.5. The Labute approximate surface area is 349 Å². The third-order valence-electron chi connectivity index (χ3n) is 12.2. The highest BCUT2D eigenvalue weighted by atomic mass is 31.2. The maximum absolute atomic E-state index is 8.67. The molecule has 2 N–H and O–H groups in total. The Kier molecular flexibility index (Phi) is 25.3. The topological polar surface area (TPSA) is 58.9 Å². The molecule has 318 valence electrons. The second kappa shape index (κ2) is 29.6. The van der Waals surface area contributed by atoms with Crippen LogP contribution in [0.15, 0.2) is 103 Å². The minimum Gasteiger partial charge on any atom is -0.505 e. The van der Waals surface area contributed by atoms with Gasteiger partial charge in [-0.25, -0.2) is 0 Å². The fraction of sp³-hybridized carbons (Fsp3) is 0.596. The molecule has 0 aliphatic heterocycles. The highest BCUT2D eigenvalue weighted by molar-refractivity contribution is 7.94. The summed E-state index contributed by atoms with van der Waals surface area (Å²) in [7, 11) is 3.45. The van der Waals surface area contributed by atoms with Gasteiger partial charge < -0.3 is 19.7 Å². The zero-order valence-electron chi connectivity index (χ0n) is 36.7. The van der Waals surface area contributed by atoms with Crippen molar-refractivity contribution in [1.29, 1.82) is 0 Å². The van der Waals surface area contributed by atoms with E-state index in [-0.39, 0.29) is 0 Å². The molecule has 6 rings (SSSR count). The van der Waals surface area contributed by atoms with E-state index in [9.17, 15) is 0 Å². The SMILES string of the molecule is CCCCC[C@@H]1C[C@@H]1CC=COC.CCCCC[C@@H]1C[C@@H]1CCO.CCCCC[C@@H]1C[C@@H]1CCO.COC=P(c1ccccc1)(c1ccccc1)c1ccccc1. The van der Waals surface area contributed by atoms with E-state index in [2.05, 4.69) is 118 Å². The predicted octanol–water partition coefficient (Wildman–Crippen LogP) is 12.3. The zero-order valence-corrected chi connectivity index (χ0v) is 37.6. The van der Waals surface area contributed by atoms with Crippen molar-refractivity contribution >= 4 is 28.8 Å². The number of methoxy groups -OCH3 is 2. The minimum atomic E-state index is -1.90. The van der Waals surface area contributed by atoms with E-state index in [1.165, 1.54) is 119 Å². The maximum atomic E-state index is 8.67. The maximum Gasteiger partial charge on any atom is 0.0784 e. The molecular weight excluding hydrogens is 720 g/mol. The van der Waals surface area contributed by atoms with Gasteiger partial charge >= 0.3 is 0 Å².